The maximum absolute atomic E-state index is 11.8. The van der Waals surface area contributed by atoms with Crippen LogP contribution >= 0.6 is 35.0 Å². The fourth-order valence-corrected chi connectivity index (χ4v) is 2.66. The maximum atomic E-state index is 11.8. The van der Waals surface area contributed by atoms with Crippen LogP contribution in [0.15, 0.2) is 12.1 Å². The minimum absolute atomic E-state index is 0.0441. The SMILES string of the molecule is O=C1NC(C(=O)Nc2cc(Cl)c(O)c(Cl)c2)CS1. The van der Waals surface area contributed by atoms with Crippen LogP contribution in [0, 0.1) is 0 Å². The molecule has 1 aromatic carbocycles. The monoisotopic (exact) mass is 306 g/mol. The molecule has 0 radical (unpaired) electrons. The molecule has 1 aliphatic rings. The van der Waals surface area contributed by atoms with Crippen molar-refractivity contribution in [1.82, 2.24) is 5.32 Å². The summed E-state index contributed by atoms with van der Waals surface area (Å²) in [6, 6.07) is 2.18. The smallest absolute Gasteiger partial charge is 0.279 e. The third-order valence-electron chi connectivity index (χ3n) is 2.27. The van der Waals surface area contributed by atoms with Crippen molar-refractivity contribution in [3.05, 3.63) is 22.2 Å². The molecule has 5 nitrogen and oxygen atoms in total. The number of carbonyl (C=O) groups excluding carboxylic acids is 2. The van der Waals surface area contributed by atoms with E-state index in [1.165, 1.54) is 12.1 Å². The lowest BCUT2D eigenvalue weighted by atomic mass is 10.2. The summed E-state index contributed by atoms with van der Waals surface area (Å²) in [6.07, 6.45) is 0. The van der Waals surface area contributed by atoms with Gasteiger partial charge in [0.1, 0.15) is 6.04 Å². The Morgan fingerprint density at radius 3 is 2.56 bits per heavy atom. The number of hydrogen-bond donors (Lipinski definition) is 3. The van der Waals surface area contributed by atoms with Gasteiger partial charge in [0.25, 0.3) is 5.24 Å². The number of carbonyl (C=O) groups is 2. The summed E-state index contributed by atoms with van der Waals surface area (Å²) in [7, 11) is 0. The zero-order valence-corrected chi connectivity index (χ0v) is 11.2. The molecule has 8 heteroatoms. The Hall–Kier alpha value is -1.11. The van der Waals surface area contributed by atoms with Crippen LogP contribution in [-0.4, -0.2) is 28.0 Å². The van der Waals surface area contributed by atoms with Gasteiger partial charge in [-0.2, -0.15) is 0 Å². The Bertz CT molecular complexity index is 501. The van der Waals surface area contributed by atoms with Crippen molar-refractivity contribution in [1.29, 1.82) is 0 Å². The number of hydrogen-bond acceptors (Lipinski definition) is 4. The van der Waals surface area contributed by atoms with Gasteiger partial charge >= 0.3 is 0 Å². The molecule has 1 aliphatic heterocycles. The Morgan fingerprint density at radius 1 is 1.44 bits per heavy atom. The molecule has 2 amide bonds. The first-order chi connectivity index (χ1) is 8.47. The number of phenolic OH excluding ortho intramolecular Hbond substituents is 1. The van der Waals surface area contributed by atoms with Crippen LogP contribution in [0.4, 0.5) is 10.5 Å². The first-order valence-electron chi connectivity index (χ1n) is 4.89. The summed E-state index contributed by atoms with van der Waals surface area (Å²) in [6.45, 7) is 0. The molecule has 0 aromatic heterocycles. The lowest BCUT2D eigenvalue weighted by molar-refractivity contribution is -0.117. The molecule has 0 aliphatic carbocycles. The molecule has 2 rings (SSSR count). The van der Waals surface area contributed by atoms with E-state index in [2.05, 4.69) is 10.6 Å². The second-order valence-electron chi connectivity index (χ2n) is 3.57. The number of thioether (sulfide) groups is 1. The van der Waals surface area contributed by atoms with E-state index in [1.54, 1.807) is 0 Å². The minimum atomic E-state index is -0.575. The second kappa shape index (κ2) is 5.26. The van der Waals surface area contributed by atoms with Crippen molar-refractivity contribution < 1.29 is 14.7 Å². The molecule has 1 atom stereocenters. The third kappa shape index (κ3) is 2.82. The van der Waals surface area contributed by atoms with Gasteiger partial charge in [0.05, 0.1) is 10.0 Å². The molecule has 0 bridgehead atoms. The first kappa shape index (κ1) is 13.3. The normalized spacial score (nSPS) is 18.6. The van der Waals surface area contributed by atoms with Crippen molar-refractivity contribution in [2.45, 2.75) is 6.04 Å². The van der Waals surface area contributed by atoms with Crippen molar-refractivity contribution in [2.24, 2.45) is 0 Å². The van der Waals surface area contributed by atoms with E-state index in [0.29, 0.717) is 11.4 Å². The van der Waals surface area contributed by atoms with E-state index in [9.17, 15) is 14.7 Å². The van der Waals surface area contributed by atoms with Gasteiger partial charge in [0.15, 0.2) is 5.75 Å². The van der Waals surface area contributed by atoms with Gasteiger partial charge in [-0.1, -0.05) is 35.0 Å². The van der Waals surface area contributed by atoms with Crippen molar-refractivity contribution in [2.75, 3.05) is 11.1 Å². The molecular formula is C10H8Cl2N2O3S. The highest BCUT2D eigenvalue weighted by Crippen LogP contribution is 2.34. The number of rotatable bonds is 2. The topological polar surface area (TPSA) is 78.4 Å². The molecule has 1 unspecified atom stereocenters. The number of aromatic hydroxyl groups is 1. The van der Waals surface area contributed by atoms with Gasteiger partial charge in [-0.05, 0) is 12.1 Å². The molecule has 1 saturated heterocycles. The van der Waals surface area contributed by atoms with Gasteiger partial charge < -0.3 is 15.7 Å². The number of phenols is 1. The van der Waals surface area contributed by atoms with Crippen LogP contribution in [0.3, 0.4) is 0 Å². The molecule has 1 fully saturated rings. The van der Waals surface area contributed by atoms with Crippen molar-refractivity contribution >= 4 is 51.8 Å². The fraction of sp³-hybridized carbons (Fsp3) is 0.200. The summed E-state index contributed by atoms with van der Waals surface area (Å²) < 4.78 is 0. The van der Waals surface area contributed by atoms with Crippen LogP contribution in [0.5, 0.6) is 5.75 Å². The zero-order valence-electron chi connectivity index (χ0n) is 8.87. The Balaban J connectivity index is 2.10. The largest absolute Gasteiger partial charge is 0.505 e. The molecular weight excluding hydrogens is 299 g/mol. The van der Waals surface area contributed by atoms with Crippen LogP contribution in [0.2, 0.25) is 10.0 Å². The number of anilines is 1. The standard InChI is InChI=1S/C10H8Cl2N2O3S/c11-5-1-4(2-6(12)8(5)15)13-9(16)7-3-18-10(17)14-7/h1-2,7,15H,3H2,(H,13,16)(H,14,17). The van der Waals surface area contributed by atoms with E-state index in [-0.39, 0.29) is 26.9 Å². The number of amides is 2. The number of nitrogens with one attached hydrogen (secondary N) is 2. The number of halogens is 2. The molecule has 96 valence electrons. The molecule has 0 spiro atoms. The molecule has 18 heavy (non-hydrogen) atoms. The summed E-state index contributed by atoms with van der Waals surface area (Å²) >= 11 is 12.5. The summed E-state index contributed by atoms with van der Waals surface area (Å²) in [5.74, 6) is -0.211. The fourth-order valence-electron chi connectivity index (χ4n) is 1.39. The maximum Gasteiger partial charge on any atom is 0.279 e. The van der Waals surface area contributed by atoms with Gasteiger partial charge in [-0.25, -0.2) is 0 Å². The highest BCUT2D eigenvalue weighted by Gasteiger charge is 2.28. The van der Waals surface area contributed by atoms with Gasteiger partial charge in [-0.15, -0.1) is 0 Å². The first-order valence-corrected chi connectivity index (χ1v) is 6.63. The van der Waals surface area contributed by atoms with E-state index in [0.717, 1.165) is 11.8 Å². The summed E-state index contributed by atoms with van der Waals surface area (Å²) in [5, 5.41) is 14.3. The lowest BCUT2D eigenvalue weighted by Crippen LogP contribution is -2.38. The van der Waals surface area contributed by atoms with Crippen molar-refractivity contribution in [3.63, 3.8) is 0 Å². The predicted octanol–water partition coefficient (Wildman–Crippen LogP) is 2.46. The molecule has 3 N–H and O–H groups in total. The Morgan fingerprint density at radius 2 is 2.06 bits per heavy atom. The lowest BCUT2D eigenvalue weighted by Gasteiger charge is -2.11. The summed E-state index contributed by atoms with van der Waals surface area (Å²) in [4.78, 5) is 22.7. The average molecular weight is 307 g/mol. The van der Waals surface area contributed by atoms with Crippen LogP contribution in [0.25, 0.3) is 0 Å². The zero-order chi connectivity index (χ0) is 13.3. The van der Waals surface area contributed by atoms with Gasteiger partial charge in [-0.3, -0.25) is 9.59 Å². The third-order valence-corrected chi connectivity index (χ3v) is 3.73. The van der Waals surface area contributed by atoms with Crippen LogP contribution in [-0.2, 0) is 4.79 Å². The van der Waals surface area contributed by atoms with Crippen LogP contribution in [0.1, 0.15) is 0 Å². The van der Waals surface area contributed by atoms with E-state index < -0.39 is 6.04 Å². The minimum Gasteiger partial charge on any atom is -0.505 e. The molecule has 0 saturated carbocycles. The quantitative estimate of drug-likeness (QED) is 0.733. The van der Waals surface area contributed by atoms with E-state index in [1.807, 2.05) is 0 Å². The number of benzene rings is 1. The Labute approximate surface area is 117 Å². The van der Waals surface area contributed by atoms with Crippen molar-refractivity contribution in [3.8, 4) is 5.75 Å². The van der Waals surface area contributed by atoms with Gasteiger partial charge in [0, 0.05) is 11.4 Å². The van der Waals surface area contributed by atoms with Crippen LogP contribution < -0.4 is 10.6 Å². The highest BCUT2D eigenvalue weighted by atomic mass is 35.5. The van der Waals surface area contributed by atoms with Gasteiger partial charge in [0.2, 0.25) is 5.91 Å². The Kier molecular flexibility index (Phi) is 3.89. The summed E-state index contributed by atoms with van der Waals surface area (Å²) in [5.41, 5.74) is 0.360. The molecule has 1 aromatic rings. The average Bonchev–Trinajstić information content (AvgIpc) is 2.72. The highest BCUT2D eigenvalue weighted by molar-refractivity contribution is 8.14. The van der Waals surface area contributed by atoms with E-state index >= 15 is 0 Å². The predicted molar refractivity (Wildman–Crippen MR) is 71.5 cm³/mol. The van der Waals surface area contributed by atoms with E-state index in [4.69, 9.17) is 23.2 Å². The second-order valence-corrected chi connectivity index (χ2v) is 5.38. The molecule has 1 heterocycles.